The number of hydrogen-bond acceptors (Lipinski definition) is 6. The number of carbonyl (C=O) groups is 1. The molecule has 7 nitrogen and oxygen atoms in total. The number of nitrogens with zero attached hydrogens (tertiary/aromatic N) is 3. The van der Waals surface area contributed by atoms with E-state index < -0.39 is 7.04 Å². The summed E-state index contributed by atoms with van der Waals surface area (Å²) in [4.78, 5) is 19.1. The molecule has 0 aromatic carbocycles. The minimum atomic E-state index is -2.57. The lowest BCUT2D eigenvalue weighted by molar-refractivity contribution is -0.117. The Morgan fingerprint density at radius 3 is 3.00 bits per heavy atom. The van der Waals surface area contributed by atoms with Gasteiger partial charge in [-0.1, -0.05) is 20.8 Å². The van der Waals surface area contributed by atoms with Gasteiger partial charge in [0.25, 0.3) is 5.88 Å². The number of anilines is 2. The number of ether oxygens (including phenoxy) is 1. The maximum absolute atomic E-state index is 12.3. The second kappa shape index (κ2) is 7.58. The van der Waals surface area contributed by atoms with E-state index in [2.05, 4.69) is 15.4 Å². The van der Waals surface area contributed by atoms with E-state index in [-0.39, 0.29) is 17.2 Å². The lowest BCUT2D eigenvalue weighted by atomic mass is 9.92. The molecule has 3 heterocycles. The van der Waals surface area contributed by atoms with Crippen molar-refractivity contribution >= 4 is 17.4 Å². The zero-order valence-corrected chi connectivity index (χ0v) is 16.3. The van der Waals surface area contributed by atoms with Crippen molar-refractivity contribution in [1.29, 1.82) is 0 Å². The van der Waals surface area contributed by atoms with Crippen molar-refractivity contribution in [2.45, 2.75) is 53.5 Å². The number of fused-ring (bicyclic) bond motifs is 1. The lowest BCUT2D eigenvalue weighted by Crippen LogP contribution is -2.30. The molecule has 0 aliphatic carbocycles. The second-order valence-corrected chi connectivity index (χ2v) is 8.16. The molecular formula is C20H28N4O3. The third-order valence-electron chi connectivity index (χ3n) is 4.39. The van der Waals surface area contributed by atoms with Gasteiger partial charge in [0.15, 0.2) is 5.76 Å². The molecule has 146 valence electrons. The van der Waals surface area contributed by atoms with Crippen LogP contribution in [0, 0.1) is 12.3 Å². The SMILES string of the molecule is [2H]C([2H])([2H])Oc1cc(CN2CCCc3nc(NC(=O)CC(C)(C)C)c(C)cc32)on1. The van der Waals surface area contributed by atoms with Gasteiger partial charge in [0.2, 0.25) is 5.91 Å². The summed E-state index contributed by atoms with van der Waals surface area (Å²) in [5, 5.41) is 6.61. The zero-order valence-electron chi connectivity index (χ0n) is 19.3. The van der Waals surface area contributed by atoms with Crippen LogP contribution < -0.4 is 15.0 Å². The summed E-state index contributed by atoms with van der Waals surface area (Å²) >= 11 is 0. The number of aryl methyl sites for hydroxylation is 2. The molecule has 1 amide bonds. The van der Waals surface area contributed by atoms with Crippen LogP contribution in [0.5, 0.6) is 5.88 Å². The van der Waals surface area contributed by atoms with Crippen molar-refractivity contribution in [3.8, 4) is 5.88 Å². The first kappa shape index (κ1) is 15.5. The predicted molar refractivity (Wildman–Crippen MR) is 104 cm³/mol. The lowest BCUT2D eigenvalue weighted by Gasteiger charge is -2.30. The molecule has 0 saturated heterocycles. The highest BCUT2D eigenvalue weighted by Gasteiger charge is 2.23. The van der Waals surface area contributed by atoms with Gasteiger partial charge >= 0.3 is 0 Å². The Morgan fingerprint density at radius 2 is 2.26 bits per heavy atom. The second-order valence-electron chi connectivity index (χ2n) is 8.16. The standard InChI is InChI=1S/C20H28N4O3/c1-13-9-16-15(21-19(13)22-17(25)11-20(2,3)4)7-6-8-24(16)12-14-10-18(26-5)23-27-14/h9-10H,6-8,11-12H2,1-5H3,(H,21,22,25)/i5D3. The van der Waals surface area contributed by atoms with Crippen LogP contribution in [0.2, 0.25) is 0 Å². The average Bonchev–Trinajstić information content (AvgIpc) is 2.99. The van der Waals surface area contributed by atoms with Crippen LogP contribution in [-0.2, 0) is 17.8 Å². The van der Waals surface area contributed by atoms with E-state index in [0.717, 1.165) is 36.3 Å². The van der Waals surface area contributed by atoms with Crippen molar-refractivity contribution in [3.63, 3.8) is 0 Å². The number of hydrogen-bond donors (Lipinski definition) is 1. The highest BCUT2D eigenvalue weighted by Crippen LogP contribution is 2.31. The van der Waals surface area contributed by atoms with Crippen LogP contribution in [0.4, 0.5) is 11.5 Å². The fourth-order valence-corrected chi connectivity index (χ4v) is 3.21. The molecule has 0 radical (unpaired) electrons. The van der Waals surface area contributed by atoms with Crippen LogP contribution in [0.25, 0.3) is 0 Å². The van der Waals surface area contributed by atoms with E-state index in [1.54, 1.807) is 0 Å². The van der Waals surface area contributed by atoms with Gasteiger partial charge in [-0.2, -0.15) is 0 Å². The largest absolute Gasteiger partial charge is 0.479 e. The van der Waals surface area contributed by atoms with Crippen molar-refractivity contribution in [3.05, 3.63) is 29.2 Å². The molecule has 2 aromatic rings. The molecule has 0 bridgehead atoms. The first-order valence-electron chi connectivity index (χ1n) is 10.6. The van der Waals surface area contributed by atoms with Gasteiger partial charge in [-0.15, -0.1) is 0 Å². The third kappa shape index (κ3) is 4.78. The normalized spacial score (nSPS) is 16.1. The quantitative estimate of drug-likeness (QED) is 0.858. The Morgan fingerprint density at radius 1 is 1.44 bits per heavy atom. The zero-order chi connectivity index (χ0) is 22.1. The fourth-order valence-electron chi connectivity index (χ4n) is 3.21. The van der Waals surface area contributed by atoms with Crippen LogP contribution >= 0.6 is 0 Å². The molecule has 0 unspecified atom stereocenters. The van der Waals surface area contributed by atoms with E-state index in [4.69, 9.17) is 18.4 Å². The number of pyridine rings is 1. The van der Waals surface area contributed by atoms with E-state index in [9.17, 15) is 4.79 Å². The molecule has 7 heteroatoms. The van der Waals surface area contributed by atoms with Crippen molar-refractivity contribution in [2.24, 2.45) is 5.41 Å². The highest BCUT2D eigenvalue weighted by molar-refractivity contribution is 5.91. The number of aromatic nitrogens is 2. The minimum absolute atomic E-state index is 0.0471. The Hall–Kier alpha value is -2.57. The molecule has 27 heavy (non-hydrogen) atoms. The molecule has 1 N–H and O–H groups in total. The molecule has 2 aromatic heterocycles. The summed E-state index contributed by atoms with van der Waals surface area (Å²) in [5.41, 5.74) is 2.67. The summed E-state index contributed by atoms with van der Waals surface area (Å²) in [6.45, 7) is 9.21. The Kier molecular flexibility index (Phi) is 4.35. The smallest absolute Gasteiger partial charge is 0.254 e. The topological polar surface area (TPSA) is 80.5 Å². The molecule has 0 spiro atoms. The highest BCUT2D eigenvalue weighted by atomic mass is 16.5. The summed E-state index contributed by atoms with van der Waals surface area (Å²) in [7, 11) is -2.57. The fraction of sp³-hybridized carbons (Fsp3) is 0.550. The van der Waals surface area contributed by atoms with Gasteiger partial charge in [0.1, 0.15) is 5.82 Å². The van der Waals surface area contributed by atoms with Crippen molar-refractivity contribution in [1.82, 2.24) is 10.1 Å². The van der Waals surface area contributed by atoms with Crippen LogP contribution in [0.15, 0.2) is 16.7 Å². The molecular weight excluding hydrogens is 344 g/mol. The van der Waals surface area contributed by atoms with Gasteiger partial charge in [0.05, 0.1) is 29.1 Å². The summed E-state index contributed by atoms with van der Waals surface area (Å²) in [6.07, 6.45) is 2.15. The minimum Gasteiger partial charge on any atom is -0.479 e. The average molecular weight is 375 g/mol. The van der Waals surface area contributed by atoms with Gasteiger partial charge in [0, 0.05) is 19.0 Å². The summed E-state index contributed by atoms with van der Waals surface area (Å²) < 4.78 is 31.5. The number of nitrogens with one attached hydrogen (secondary N) is 1. The number of carbonyl (C=O) groups excluding carboxylic acids is 1. The van der Waals surface area contributed by atoms with E-state index in [1.807, 2.05) is 33.8 Å². The molecule has 0 saturated carbocycles. The third-order valence-corrected chi connectivity index (χ3v) is 4.39. The van der Waals surface area contributed by atoms with Crippen LogP contribution in [0.3, 0.4) is 0 Å². The van der Waals surface area contributed by atoms with Gasteiger partial charge in [-0.05, 0) is 42.0 Å². The molecule has 3 rings (SSSR count). The van der Waals surface area contributed by atoms with Crippen LogP contribution in [-0.4, -0.2) is 29.6 Å². The Labute approximate surface area is 164 Å². The van der Waals surface area contributed by atoms with Crippen molar-refractivity contribution in [2.75, 3.05) is 23.8 Å². The van der Waals surface area contributed by atoms with Crippen molar-refractivity contribution < 1.29 is 18.2 Å². The number of rotatable bonds is 5. The maximum atomic E-state index is 12.3. The molecule has 0 atom stereocenters. The number of methoxy groups -OCH3 is 1. The van der Waals surface area contributed by atoms with Gasteiger partial charge in [-0.25, -0.2) is 4.98 Å². The van der Waals surface area contributed by atoms with E-state index in [0.29, 0.717) is 24.5 Å². The molecule has 0 fully saturated rings. The summed E-state index contributed by atoms with van der Waals surface area (Å²) in [6, 6.07) is 3.51. The van der Waals surface area contributed by atoms with E-state index >= 15 is 0 Å². The van der Waals surface area contributed by atoms with Gasteiger partial charge < -0.3 is 19.5 Å². The van der Waals surface area contributed by atoms with E-state index in [1.165, 1.54) is 6.07 Å². The first-order chi connectivity index (χ1) is 13.9. The Bertz CT molecular complexity index is 919. The maximum Gasteiger partial charge on any atom is 0.254 e. The summed E-state index contributed by atoms with van der Waals surface area (Å²) in [5.74, 6) is 0.989. The predicted octanol–water partition coefficient (Wildman–Crippen LogP) is 3.71. The first-order valence-corrected chi connectivity index (χ1v) is 9.09. The van der Waals surface area contributed by atoms with Crippen LogP contribution in [0.1, 0.15) is 54.7 Å². The molecule has 1 aliphatic heterocycles. The monoisotopic (exact) mass is 375 g/mol. The van der Waals surface area contributed by atoms with Gasteiger partial charge in [-0.3, -0.25) is 4.79 Å². The number of amides is 1. The Balaban J connectivity index is 1.75. The molecule has 1 aliphatic rings.